The zero-order valence-corrected chi connectivity index (χ0v) is 17.5. The molecular formula is C19H26F3N5O4. The molecule has 2 rings (SSSR count). The Labute approximate surface area is 177 Å². The largest absolute Gasteiger partial charge is 0.442 e. The van der Waals surface area contributed by atoms with Crippen LogP contribution in [0.2, 0.25) is 0 Å². The predicted molar refractivity (Wildman–Crippen MR) is 110 cm³/mol. The molecular weight excluding hydrogens is 419 g/mol. The van der Waals surface area contributed by atoms with Crippen LogP contribution >= 0.6 is 0 Å². The van der Waals surface area contributed by atoms with Gasteiger partial charge in [0.15, 0.2) is 0 Å². The first kappa shape index (κ1) is 24.4. The molecule has 0 unspecified atom stereocenters. The normalized spacial score (nSPS) is 19.8. The lowest BCUT2D eigenvalue weighted by Gasteiger charge is -2.27. The fourth-order valence-corrected chi connectivity index (χ4v) is 3.09. The Morgan fingerprint density at radius 1 is 1.32 bits per heavy atom. The van der Waals surface area contributed by atoms with Gasteiger partial charge in [0.2, 0.25) is 0 Å². The Morgan fingerprint density at radius 2 is 1.97 bits per heavy atom. The van der Waals surface area contributed by atoms with Crippen molar-refractivity contribution in [3.8, 4) is 0 Å². The van der Waals surface area contributed by atoms with E-state index >= 15 is 0 Å². The Morgan fingerprint density at radius 3 is 2.52 bits per heavy atom. The second-order valence-corrected chi connectivity index (χ2v) is 8.33. The minimum absolute atomic E-state index is 0.00408. The first-order valence-electron chi connectivity index (χ1n) is 9.81. The van der Waals surface area contributed by atoms with Crippen LogP contribution in [0.1, 0.15) is 46.5 Å². The molecule has 1 aliphatic rings. The third-order valence-corrected chi connectivity index (χ3v) is 4.47. The number of nitrogens with one attached hydrogen (secondary N) is 2. The van der Waals surface area contributed by atoms with E-state index in [0.717, 1.165) is 31.9 Å². The number of hydrogen-bond acceptors (Lipinski definition) is 7. The van der Waals surface area contributed by atoms with E-state index in [2.05, 4.69) is 20.6 Å². The van der Waals surface area contributed by atoms with E-state index in [1.807, 2.05) is 0 Å². The molecule has 1 fully saturated rings. The maximum absolute atomic E-state index is 12.5. The third kappa shape index (κ3) is 8.77. The van der Waals surface area contributed by atoms with E-state index in [1.54, 1.807) is 27.0 Å². The fourth-order valence-electron chi connectivity index (χ4n) is 3.09. The highest BCUT2D eigenvalue weighted by atomic mass is 19.4. The number of carbonyl (C=O) groups is 1. The zero-order valence-electron chi connectivity index (χ0n) is 17.5. The molecule has 0 aliphatic heterocycles. The van der Waals surface area contributed by atoms with Crippen LogP contribution in [0.15, 0.2) is 17.3 Å². The molecule has 1 aromatic heterocycles. The van der Waals surface area contributed by atoms with Crippen molar-refractivity contribution >= 4 is 29.5 Å². The van der Waals surface area contributed by atoms with Gasteiger partial charge in [-0.15, -0.1) is 0 Å². The third-order valence-electron chi connectivity index (χ3n) is 4.47. The van der Waals surface area contributed by atoms with Crippen molar-refractivity contribution in [3.05, 3.63) is 22.4 Å². The maximum atomic E-state index is 12.5. The molecule has 1 saturated carbocycles. The number of alkyl halides is 3. The predicted octanol–water partition coefficient (Wildman–Crippen LogP) is 4.94. The lowest BCUT2D eigenvalue weighted by molar-refractivity contribution is -0.384. The quantitative estimate of drug-likeness (QED) is 0.362. The molecule has 0 spiro atoms. The number of rotatable bonds is 6. The van der Waals surface area contributed by atoms with Crippen molar-refractivity contribution in [1.82, 2.24) is 4.98 Å². The summed E-state index contributed by atoms with van der Waals surface area (Å²) in [4.78, 5) is 29.7. The van der Waals surface area contributed by atoms with E-state index in [4.69, 9.17) is 4.74 Å². The minimum Gasteiger partial charge on any atom is -0.442 e. The number of pyridine rings is 1. The van der Waals surface area contributed by atoms with Crippen LogP contribution < -0.4 is 10.6 Å². The molecule has 1 aliphatic carbocycles. The molecule has 0 saturated heterocycles. The van der Waals surface area contributed by atoms with Gasteiger partial charge in [-0.05, 0) is 52.4 Å². The maximum Gasteiger partial charge on any atom is 0.433 e. The number of halogens is 3. The topological polar surface area (TPSA) is 119 Å². The Bertz CT molecular complexity index is 816. The molecule has 1 amide bonds. The van der Waals surface area contributed by atoms with Gasteiger partial charge in [-0.25, -0.2) is 9.78 Å². The Balaban J connectivity index is 1.93. The van der Waals surface area contributed by atoms with E-state index in [9.17, 15) is 28.1 Å². The van der Waals surface area contributed by atoms with Crippen LogP contribution in [0.3, 0.4) is 0 Å². The van der Waals surface area contributed by atoms with Gasteiger partial charge in [0.25, 0.3) is 0 Å². The SMILES string of the molecule is CC(C)(C)OC(=O)/N=C/C1CCC(Nc2cc(NCC(F)(F)F)c([N+](=O)[O-])cn2)CC1. The first-order valence-corrected chi connectivity index (χ1v) is 9.81. The first-order chi connectivity index (χ1) is 14.3. The molecule has 2 N–H and O–H groups in total. The fraction of sp³-hybridized carbons (Fsp3) is 0.632. The number of nitro groups is 1. The van der Waals surface area contributed by atoms with Gasteiger partial charge in [0.05, 0.1) is 4.92 Å². The average Bonchev–Trinajstić information content (AvgIpc) is 2.64. The van der Waals surface area contributed by atoms with Gasteiger partial charge < -0.3 is 15.4 Å². The lowest BCUT2D eigenvalue weighted by atomic mass is 9.87. The summed E-state index contributed by atoms with van der Waals surface area (Å²) < 4.78 is 42.5. The molecule has 12 heteroatoms. The van der Waals surface area contributed by atoms with Crippen molar-refractivity contribution in [2.75, 3.05) is 17.2 Å². The second kappa shape index (κ2) is 9.92. The number of aromatic nitrogens is 1. The number of amides is 1. The number of anilines is 2. The van der Waals surface area contributed by atoms with Crippen molar-refractivity contribution in [2.45, 2.75) is 64.3 Å². The van der Waals surface area contributed by atoms with Gasteiger partial charge >= 0.3 is 18.0 Å². The summed E-state index contributed by atoms with van der Waals surface area (Å²) >= 11 is 0. The summed E-state index contributed by atoms with van der Waals surface area (Å²) in [6.45, 7) is 3.88. The van der Waals surface area contributed by atoms with Crippen LogP contribution in [0.25, 0.3) is 0 Å². The summed E-state index contributed by atoms with van der Waals surface area (Å²) in [5, 5.41) is 16.2. The highest BCUT2D eigenvalue weighted by Crippen LogP contribution is 2.30. The van der Waals surface area contributed by atoms with Crippen molar-refractivity contribution in [2.24, 2.45) is 10.9 Å². The minimum atomic E-state index is -4.51. The van der Waals surface area contributed by atoms with Crippen LogP contribution in [0, 0.1) is 16.0 Å². The molecule has 0 bridgehead atoms. The standard InChI is InChI=1S/C19H26F3N5O4/c1-18(2,3)31-17(28)24-9-12-4-6-13(7-5-12)26-16-8-14(25-11-19(20,21)22)15(10-23-16)27(29)30/h8-10,12-13H,4-7,11H2,1-3H3,(H2,23,25,26)/b24-9+. The van der Waals surface area contributed by atoms with E-state index in [1.165, 1.54) is 6.07 Å². The second-order valence-electron chi connectivity index (χ2n) is 8.33. The highest BCUT2D eigenvalue weighted by molar-refractivity contribution is 5.80. The summed E-state index contributed by atoms with van der Waals surface area (Å²) in [7, 11) is 0. The summed E-state index contributed by atoms with van der Waals surface area (Å²) in [5.74, 6) is 0.362. The van der Waals surface area contributed by atoms with Crippen molar-refractivity contribution in [3.63, 3.8) is 0 Å². The van der Waals surface area contributed by atoms with Crippen molar-refractivity contribution < 1.29 is 27.6 Å². The Kier molecular flexibility index (Phi) is 7.80. The number of carbonyl (C=O) groups excluding carboxylic acids is 1. The number of aliphatic imine (C=N–C) groups is 1. The van der Waals surface area contributed by atoms with Gasteiger partial charge in [0.1, 0.15) is 29.8 Å². The number of ether oxygens (including phenoxy) is 1. The zero-order chi connectivity index (χ0) is 23.2. The van der Waals surface area contributed by atoms with Crippen LogP contribution in [-0.4, -0.2) is 46.6 Å². The highest BCUT2D eigenvalue weighted by Gasteiger charge is 2.29. The smallest absolute Gasteiger partial charge is 0.433 e. The van der Waals surface area contributed by atoms with Gasteiger partial charge in [-0.3, -0.25) is 10.1 Å². The number of hydrogen-bond donors (Lipinski definition) is 2. The van der Waals surface area contributed by atoms with Gasteiger partial charge in [-0.2, -0.15) is 18.2 Å². The molecule has 172 valence electrons. The number of nitrogens with zero attached hydrogens (tertiary/aromatic N) is 3. The molecule has 1 aromatic rings. The summed E-state index contributed by atoms with van der Waals surface area (Å²) in [6.07, 6.45) is 0.301. The Hall–Kier alpha value is -2.92. The molecule has 31 heavy (non-hydrogen) atoms. The van der Waals surface area contributed by atoms with Crippen LogP contribution in [0.5, 0.6) is 0 Å². The van der Waals surface area contributed by atoms with E-state index in [-0.39, 0.29) is 23.5 Å². The van der Waals surface area contributed by atoms with Crippen molar-refractivity contribution in [1.29, 1.82) is 0 Å². The molecule has 0 atom stereocenters. The molecule has 0 aromatic carbocycles. The molecule has 0 radical (unpaired) electrons. The van der Waals surface area contributed by atoms with E-state index < -0.39 is 35.0 Å². The lowest BCUT2D eigenvalue weighted by Crippen LogP contribution is -2.27. The molecule has 1 heterocycles. The monoisotopic (exact) mass is 445 g/mol. The summed E-state index contributed by atoms with van der Waals surface area (Å²) in [5.41, 5.74) is -1.39. The van der Waals surface area contributed by atoms with Crippen LogP contribution in [-0.2, 0) is 4.74 Å². The van der Waals surface area contributed by atoms with Crippen LogP contribution in [0.4, 0.5) is 35.2 Å². The van der Waals surface area contributed by atoms with E-state index in [0.29, 0.717) is 0 Å². The summed E-state index contributed by atoms with van der Waals surface area (Å²) in [6, 6.07) is 1.20. The average molecular weight is 445 g/mol. The van der Waals surface area contributed by atoms with Gasteiger partial charge in [-0.1, -0.05) is 0 Å². The van der Waals surface area contributed by atoms with Gasteiger partial charge in [0, 0.05) is 18.3 Å². The molecule has 9 nitrogen and oxygen atoms in total.